The molecule has 60 valence electrons. The van der Waals surface area contributed by atoms with Gasteiger partial charge in [0, 0.05) is 0 Å². The van der Waals surface area contributed by atoms with Gasteiger partial charge >= 0.3 is 0 Å². The second kappa shape index (κ2) is 3.19. The highest BCUT2D eigenvalue weighted by atomic mass is 28.3. The van der Waals surface area contributed by atoms with Crippen LogP contribution in [0.15, 0.2) is 0 Å². The van der Waals surface area contributed by atoms with Crippen LogP contribution in [0.4, 0.5) is 0 Å². The van der Waals surface area contributed by atoms with E-state index in [1.54, 1.807) is 0 Å². The van der Waals surface area contributed by atoms with Gasteiger partial charge in [0.2, 0.25) is 9.04 Å². The molecule has 0 radical (unpaired) electrons. The fourth-order valence-electron chi connectivity index (χ4n) is 0.391. The lowest BCUT2D eigenvalue weighted by molar-refractivity contribution is -0.143. The average Bonchev–Trinajstić information content (AvgIpc) is 1.60. The van der Waals surface area contributed by atoms with Gasteiger partial charge < -0.3 is 4.43 Å². The topological polar surface area (TPSA) is 26.3 Å². The summed E-state index contributed by atoms with van der Waals surface area (Å²) in [6.45, 7) is 9.58. The Morgan fingerprint density at radius 2 is 1.70 bits per heavy atom. The summed E-state index contributed by atoms with van der Waals surface area (Å²) >= 11 is 0. The average molecular weight is 160 g/mol. The van der Waals surface area contributed by atoms with Crippen molar-refractivity contribution >= 4 is 15.0 Å². The van der Waals surface area contributed by atoms with E-state index in [2.05, 4.69) is 0 Å². The van der Waals surface area contributed by atoms with E-state index in [1.807, 2.05) is 33.9 Å². The van der Waals surface area contributed by atoms with Crippen LogP contribution in [-0.2, 0) is 9.22 Å². The molecule has 0 unspecified atom stereocenters. The minimum absolute atomic E-state index is 0.0748. The minimum atomic E-state index is -1.18. The predicted molar refractivity (Wildman–Crippen MR) is 44.4 cm³/mol. The molecular formula is C7H16O2Si. The van der Waals surface area contributed by atoms with Crippen molar-refractivity contribution in [1.82, 2.24) is 0 Å². The molecule has 0 aliphatic carbocycles. The molecule has 0 saturated heterocycles. The first-order chi connectivity index (χ1) is 4.34. The molecule has 0 aromatic rings. The van der Waals surface area contributed by atoms with E-state index in [0.29, 0.717) is 0 Å². The third-order valence-electron chi connectivity index (χ3n) is 0.955. The molecule has 0 saturated carbocycles. The molecule has 0 N–H and O–H groups in total. The van der Waals surface area contributed by atoms with E-state index in [9.17, 15) is 4.79 Å². The van der Waals surface area contributed by atoms with Crippen molar-refractivity contribution in [3.05, 3.63) is 0 Å². The Morgan fingerprint density at radius 3 is 1.80 bits per heavy atom. The van der Waals surface area contributed by atoms with Crippen LogP contribution in [0.5, 0.6) is 0 Å². The zero-order valence-electron chi connectivity index (χ0n) is 7.39. The van der Waals surface area contributed by atoms with Crippen LogP contribution >= 0.6 is 0 Å². The number of hydrogen-bond donors (Lipinski definition) is 0. The third-order valence-corrected chi connectivity index (χ3v) is 1.64. The molecule has 10 heavy (non-hydrogen) atoms. The van der Waals surface area contributed by atoms with Crippen molar-refractivity contribution in [3.8, 4) is 0 Å². The molecule has 0 aliphatic heterocycles. The van der Waals surface area contributed by atoms with Crippen molar-refractivity contribution in [3.63, 3.8) is 0 Å². The standard InChI is InChI=1S/C7H16O2Si/c1-7(2,3)6(8)9-10(4)5/h10H,1-5H3. The molecule has 2 nitrogen and oxygen atoms in total. The monoisotopic (exact) mass is 160 g/mol. The normalized spacial score (nSPS) is 11.8. The van der Waals surface area contributed by atoms with Crippen LogP contribution in [-0.4, -0.2) is 15.0 Å². The zero-order valence-corrected chi connectivity index (χ0v) is 8.55. The first-order valence-electron chi connectivity index (χ1n) is 3.55. The number of carbonyl (C=O) groups is 1. The highest BCUT2D eigenvalue weighted by Gasteiger charge is 2.23. The first-order valence-corrected chi connectivity index (χ1v) is 6.33. The van der Waals surface area contributed by atoms with Crippen molar-refractivity contribution < 1.29 is 9.22 Å². The third kappa shape index (κ3) is 3.66. The van der Waals surface area contributed by atoms with Gasteiger partial charge in [-0.2, -0.15) is 0 Å². The summed E-state index contributed by atoms with van der Waals surface area (Å²) in [7, 11) is -1.18. The van der Waals surface area contributed by atoms with Crippen LogP contribution in [0.2, 0.25) is 13.1 Å². The Bertz CT molecular complexity index is 124. The van der Waals surface area contributed by atoms with Gasteiger partial charge in [-0.3, -0.25) is 4.79 Å². The van der Waals surface area contributed by atoms with Crippen LogP contribution < -0.4 is 0 Å². The molecular weight excluding hydrogens is 144 g/mol. The molecule has 0 heterocycles. The summed E-state index contributed by atoms with van der Waals surface area (Å²) in [4.78, 5) is 11.1. The van der Waals surface area contributed by atoms with Gasteiger partial charge in [-0.05, 0) is 33.9 Å². The largest absolute Gasteiger partial charge is 0.522 e. The summed E-state index contributed by atoms with van der Waals surface area (Å²) in [5.74, 6) is -0.0748. The smallest absolute Gasteiger partial charge is 0.297 e. The lowest BCUT2D eigenvalue weighted by Crippen LogP contribution is -2.27. The molecule has 0 bridgehead atoms. The van der Waals surface area contributed by atoms with Gasteiger partial charge in [-0.1, -0.05) is 0 Å². The zero-order chi connectivity index (χ0) is 8.36. The Morgan fingerprint density at radius 1 is 1.30 bits per heavy atom. The minimum Gasteiger partial charge on any atom is -0.522 e. The van der Waals surface area contributed by atoms with Crippen LogP contribution in [0, 0.1) is 5.41 Å². The van der Waals surface area contributed by atoms with Crippen LogP contribution in [0.3, 0.4) is 0 Å². The summed E-state index contributed by atoms with van der Waals surface area (Å²) in [5, 5.41) is 0. The molecule has 0 aromatic carbocycles. The van der Waals surface area contributed by atoms with Crippen molar-refractivity contribution in [1.29, 1.82) is 0 Å². The van der Waals surface area contributed by atoms with Crippen LogP contribution in [0.25, 0.3) is 0 Å². The van der Waals surface area contributed by atoms with Crippen molar-refractivity contribution in [2.75, 3.05) is 0 Å². The van der Waals surface area contributed by atoms with Gasteiger partial charge in [0.1, 0.15) is 0 Å². The maximum absolute atomic E-state index is 11.1. The van der Waals surface area contributed by atoms with E-state index in [4.69, 9.17) is 4.43 Å². The SMILES string of the molecule is C[SiH](C)OC(=O)C(C)(C)C. The summed E-state index contributed by atoms with van der Waals surface area (Å²) in [6.07, 6.45) is 0. The van der Waals surface area contributed by atoms with Gasteiger partial charge in [0.05, 0.1) is 5.41 Å². The van der Waals surface area contributed by atoms with Gasteiger partial charge in [-0.25, -0.2) is 0 Å². The van der Waals surface area contributed by atoms with Gasteiger partial charge in [-0.15, -0.1) is 0 Å². The van der Waals surface area contributed by atoms with Crippen molar-refractivity contribution in [2.45, 2.75) is 33.9 Å². The summed E-state index contributed by atoms with van der Waals surface area (Å²) < 4.78 is 5.11. The van der Waals surface area contributed by atoms with E-state index < -0.39 is 9.04 Å². The van der Waals surface area contributed by atoms with E-state index in [0.717, 1.165) is 0 Å². The Kier molecular flexibility index (Phi) is 3.09. The van der Waals surface area contributed by atoms with Crippen molar-refractivity contribution in [2.24, 2.45) is 5.41 Å². The van der Waals surface area contributed by atoms with E-state index in [-0.39, 0.29) is 11.4 Å². The predicted octanol–water partition coefficient (Wildman–Crippen LogP) is 1.56. The Labute approximate surface area is 64.3 Å². The van der Waals surface area contributed by atoms with Gasteiger partial charge in [0.15, 0.2) is 0 Å². The molecule has 3 heteroatoms. The second-order valence-electron chi connectivity index (χ2n) is 3.70. The molecule has 0 fully saturated rings. The summed E-state index contributed by atoms with van der Waals surface area (Å²) in [6, 6.07) is 0. The number of hydrogen-bond acceptors (Lipinski definition) is 2. The Hall–Kier alpha value is -0.313. The summed E-state index contributed by atoms with van der Waals surface area (Å²) in [5.41, 5.74) is -0.336. The number of rotatable bonds is 1. The second-order valence-corrected chi connectivity index (χ2v) is 6.04. The molecule has 0 aliphatic rings. The maximum atomic E-state index is 11.1. The lowest BCUT2D eigenvalue weighted by atomic mass is 9.98. The fraction of sp³-hybridized carbons (Fsp3) is 0.857. The highest BCUT2D eigenvalue weighted by Crippen LogP contribution is 2.15. The van der Waals surface area contributed by atoms with Gasteiger partial charge in [0.25, 0.3) is 5.97 Å². The molecule has 0 spiro atoms. The van der Waals surface area contributed by atoms with E-state index >= 15 is 0 Å². The lowest BCUT2D eigenvalue weighted by Gasteiger charge is -2.18. The Balaban J connectivity index is 3.87. The highest BCUT2D eigenvalue weighted by molar-refractivity contribution is 6.50. The first kappa shape index (κ1) is 9.69. The quantitative estimate of drug-likeness (QED) is 0.544. The van der Waals surface area contributed by atoms with Crippen LogP contribution in [0.1, 0.15) is 20.8 Å². The molecule has 0 amide bonds. The molecule has 0 aromatic heterocycles. The maximum Gasteiger partial charge on any atom is 0.297 e. The molecule has 0 atom stereocenters. The number of carbonyl (C=O) groups excluding carboxylic acids is 1. The fourth-order valence-corrected chi connectivity index (χ4v) is 1.17. The van der Waals surface area contributed by atoms with E-state index in [1.165, 1.54) is 0 Å². The molecule has 0 rings (SSSR count).